The fourth-order valence-corrected chi connectivity index (χ4v) is 8.34. The van der Waals surface area contributed by atoms with Crippen LogP contribution in [0, 0.1) is 0 Å². The lowest BCUT2D eigenvalue weighted by atomic mass is 9.47. The van der Waals surface area contributed by atoms with Crippen LogP contribution in [-0.4, -0.2) is 46.1 Å². The largest absolute Gasteiger partial charge is 0.504 e. The van der Waals surface area contributed by atoms with Gasteiger partial charge in [-0.2, -0.15) is 0 Å². The Morgan fingerprint density at radius 1 is 1.13 bits per heavy atom. The number of nitrogens with one attached hydrogen (secondary N) is 2. The zero-order chi connectivity index (χ0) is 25.6. The second kappa shape index (κ2) is 7.64. The van der Waals surface area contributed by atoms with Gasteiger partial charge in [0.05, 0.1) is 16.6 Å². The van der Waals surface area contributed by atoms with Gasteiger partial charge in [-0.1, -0.05) is 54.6 Å². The first-order valence-corrected chi connectivity index (χ1v) is 13.7. The molecule has 2 aliphatic carbocycles. The molecule has 4 atom stereocenters. The highest BCUT2D eigenvalue weighted by atomic mass is 16.5. The third kappa shape index (κ3) is 2.68. The van der Waals surface area contributed by atoms with Crippen LogP contribution >= 0.6 is 0 Å². The van der Waals surface area contributed by atoms with E-state index >= 15 is 0 Å². The summed E-state index contributed by atoms with van der Waals surface area (Å²) in [7, 11) is 2.19. The molecule has 0 unspecified atom stereocenters. The first kappa shape index (κ1) is 22.2. The zero-order valence-electron chi connectivity index (χ0n) is 21.5. The number of ether oxygens (including phenoxy) is 1. The summed E-state index contributed by atoms with van der Waals surface area (Å²) in [5.74, 6) is 0.865. The standard InChI is InChI=1S/C32H31N3O3/c1-35-16-15-31-27-20-12-13-24(36)29(27)38-30(31)28-22(21-9-5-6-10-23(21)33-28)18-32(31,25(35)17-20)34-26(37)14-11-19-7-3-2-4-8-19/h2-10,12-13,25,30,33,36H,11,14-18H2,1H3,(H,34,37)/t25-,30-,31-,32+/m0/s1. The Morgan fingerprint density at radius 2 is 1.95 bits per heavy atom. The number of aromatic amines is 1. The number of likely N-dealkylation sites (N-methyl/N-ethyl adjacent to an activating group) is 1. The number of hydrogen-bond donors (Lipinski definition) is 3. The Kier molecular flexibility index (Phi) is 4.47. The van der Waals surface area contributed by atoms with Crippen molar-refractivity contribution in [2.24, 2.45) is 0 Å². The summed E-state index contributed by atoms with van der Waals surface area (Å²) in [5.41, 5.74) is 5.90. The van der Waals surface area contributed by atoms with Gasteiger partial charge >= 0.3 is 0 Å². The Labute approximate surface area is 221 Å². The zero-order valence-corrected chi connectivity index (χ0v) is 21.5. The van der Waals surface area contributed by atoms with E-state index < -0.39 is 11.0 Å². The summed E-state index contributed by atoms with van der Waals surface area (Å²) < 4.78 is 6.79. The Balaban J connectivity index is 1.33. The number of carbonyl (C=O) groups excluding carboxylic acids is 1. The summed E-state index contributed by atoms with van der Waals surface area (Å²) in [6, 6.07) is 22.6. The lowest BCUT2D eigenvalue weighted by molar-refractivity contribution is -0.131. The molecule has 1 spiro atoms. The van der Waals surface area contributed by atoms with Crippen LogP contribution in [-0.2, 0) is 29.5 Å². The Hall–Kier alpha value is -3.77. The van der Waals surface area contributed by atoms with Crippen LogP contribution in [0.25, 0.3) is 10.9 Å². The van der Waals surface area contributed by atoms with Gasteiger partial charge in [0.1, 0.15) is 0 Å². The van der Waals surface area contributed by atoms with Crippen LogP contribution in [0.3, 0.4) is 0 Å². The van der Waals surface area contributed by atoms with Crippen molar-refractivity contribution in [3.05, 3.63) is 94.7 Å². The molecule has 3 aromatic carbocycles. The molecule has 3 heterocycles. The molecule has 0 saturated carbocycles. The number of rotatable bonds is 4. The van der Waals surface area contributed by atoms with E-state index in [1.165, 1.54) is 22.1 Å². The third-order valence-electron chi connectivity index (χ3n) is 9.93. The molecule has 4 aromatic rings. The molecule has 1 aromatic heterocycles. The molecule has 2 aliphatic heterocycles. The smallest absolute Gasteiger partial charge is 0.220 e. The number of H-pyrrole nitrogens is 1. The summed E-state index contributed by atoms with van der Waals surface area (Å²) in [5, 5.41) is 15.9. The molecule has 8 rings (SSSR count). The number of nitrogens with zero attached hydrogens (tertiary/aromatic N) is 1. The van der Waals surface area contributed by atoms with Gasteiger partial charge in [0.15, 0.2) is 17.6 Å². The number of hydrogen-bond acceptors (Lipinski definition) is 4. The maximum Gasteiger partial charge on any atom is 0.220 e. The van der Waals surface area contributed by atoms with Crippen molar-refractivity contribution < 1.29 is 14.6 Å². The number of benzene rings is 3. The first-order chi connectivity index (χ1) is 18.5. The van der Waals surface area contributed by atoms with E-state index in [0.717, 1.165) is 42.6 Å². The van der Waals surface area contributed by atoms with Crippen LogP contribution in [0.2, 0.25) is 0 Å². The molecule has 2 bridgehead atoms. The number of piperidine rings is 1. The van der Waals surface area contributed by atoms with Gasteiger partial charge < -0.3 is 25.0 Å². The number of likely N-dealkylation sites (tertiary alicyclic amines) is 1. The first-order valence-electron chi connectivity index (χ1n) is 13.7. The highest BCUT2D eigenvalue weighted by Gasteiger charge is 2.73. The lowest BCUT2D eigenvalue weighted by Crippen LogP contribution is -2.79. The third-order valence-corrected chi connectivity index (χ3v) is 9.93. The second-order valence-electron chi connectivity index (χ2n) is 11.6. The van der Waals surface area contributed by atoms with Crippen molar-refractivity contribution in [3.63, 3.8) is 0 Å². The van der Waals surface area contributed by atoms with Crippen molar-refractivity contribution in [2.45, 2.75) is 55.2 Å². The number of fused-ring (bicyclic) bond motifs is 4. The molecule has 4 aliphatic rings. The quantitative estimate of drug-likeness (QED) is 0.380. The van der Waals surface area contributed by atoms with E-state index in [2.05, 4.69) is 64.7 Å². The molecule has 1 saturated heterocycles. The lowest BCUT2D eigenvalue weighted by Gasteiger charge is -2.64. The average Bonchev–Trinajstić information content (AvgIpc) is 3.47. The maximum atomic E-state index is 13.9. The van der Waals surface area contributed by atoms with Crippen molar-refractivity contribution in [1.29, 1.82) is 0 Å². The highest BCUT2D eigenvalue weighted by Crippen LogP contribution is 2.68. The molecule has 6 heteroatoms. The summed E-state index contributed by atoms with van der Waals surface area (Å²) >= 11 is 0. The maximum absolute atomic E-state index is 13.9. The molecule has 1 amide bonds. The van der Waals surface area contributed by atoms with Gasteiger partial charge in [0.25, 0.3) is 0 Å². The van der Waals surface area contributed by atoms with Gasteiger partial charge in [-0.25, -0.2) is 0 Å². The molecule has 0 radical (unpaired) electrons. The highest BCUT2D eigenvalue weighted by molar-refractivity contribution is 5.87. The van der Waals surface area contributed by atoms with E-state index in [1.807, 2.05) is 18.2 Å². The van der Waals surface area contributed by atoms with E-state index in [4.69, 9.17) is 4.74 Å². The fourth-order valence-electron chi connectivity index (χ4n) is 8.34. The number of phenols is 1. The minimum atomic E-state index is -0.553. The van der Waals surface area contributed by atoms with E-state index in [1.54, 1.807) is 6.07 Å². The number of phenolic OH excluding ortho intramolecular Hbond substituents is 1. The summed E-state index contributed by atoms with van der Waals surface area (Å²) in [6.45, 7) is 0.913. The van der Waals surface area contributed by atoms with Gasteiger partial charge in [-0.05, 0) is 61.7 Å². The number of aromatic nitrogens is 1. The molecule has 1 fully saturated rings. The van der Waals surface area contributed by atoms with Gasteiger partial charge in [0, 0.05) is 35.3 Å². The van der Waals surface area contributed by atoms with Gasteiger partial charge in [-0.3, -0.25) is 4.79 Å². The fraction of sp³-hybridized carbons (Fsp3) is 0.344. The van der Waals surface area contributed by atoms with E-state index in [-0.39, 0.29) is 23.8 Å². The average molecular weight is 506 g/mol. The van der Waals surface area contributed by atoms with Crippen molar-refractivity contribution in [2.75, 3.05) is 13.6 Å². The topological polar surface area (TPSA) is 77.6 Å². The van der Waals surface area contributed by atoms with Crippen molar-refractivity contribution in [1.82, 2.24) is 15.2 Å². The predicted octanol–water partition coefficient (Wildman–Crippen LogP) is 4.55. The molecular formula is C32H31N3O3. The Bertz CT molecular complexity index is 1610. The van der Waals surface area contributed by atoms with Crippen molar-refractivity contribution >= 4 is 16.8 Å². The number of aromatic hydroxyl groups is 1. The number of aryl methyl sites for hydroxylation is 1. The number of carbonyl (C=O) groups is 1. The molecular weight excluding hydrogens is 474 g/mol. The van der Waals surface area contributed by atoms with Crippen LogP contribution < -0.4 is 10.1 Å². The minimum absolute atomic E-state index is 0.0765. The predicted molar refractivity (Wildman–Crippen MR) is 146 cm³/mol. The normalized spacial score (nSPS) is 28.4. The van der Waals surface area contributed by atoms with Crippen molar-refractivity contribution in [3.8, 4) is 11.5 Å². The molecule has 38 heavy (non-hydrogen) atoms. The molecule has 6 nitrogen and oxygen atoms in total. The summed E-state index contributed by atoms with van der Waals surface area (Å²) in [6.07, 6.45) is 3.23. The molecule has 192 valence electrons. The monoisotopic (exact) mass is 505 g/mol. The second-order valence-corrected chi connectivity index (χ2v) is 11.6. The van der Waals surface area contributed by atoms with Crippen LogP contribution in [0.1, 0.15) is 46.9 Å². The number of amides is 1. The van der Waals surface area contributed by atoms with Gasteiger partial charge in [-0.15, -0.1) is 0 Å². The SMILES string of the molecule is CN1CC[C@]23c4c5ccc(O)c4O[C@H]2c2[nH]c4ccccc4c2C[C@@]3(NC(=O)CCc2ccccc2)[C@@H]1C5. The van der Waals surface area contributed by atoms with E-state index in [9.17, 15) is 9.90 Å². The van der Waals surface area contributed by atoms with Gasteiger partial charge in [0.2, 0.25) is 5.91 Å². The molecule has 3 N–H and O–H groups in total. The van der Waals surface area contributed by atoms with Crippen LogP contribution in [0.5, 0.6) is 11.5 Å². The van der Waals surface area contributed by atoms with Crippen LogP contribution in [0.15, 0.2) is 66.7 Å². The van der Waals surface area contributed by atoms with Crippen LogP contribution in [0.4, 0.5) is 0 Å². The minimum Gasteiger partial charge on any atom is -0.504 e. The van der Waals surface area contributed by atoms with E-state index in [0.29, 0.717) is 18.6 Å². The Morgan fingerprint density at radius 3 is 2.82 bits per heavy atom. The summed E-state index contributed by atoms with van der Waals surface area (Å²) in [4.78, 5) is 20.0. The number of para-hydroxylation sites is 1.